The van der Waals surface area contributed by atoms with Crippen molar-refractivity contribution in [3.05, 3.63) is 59.3 Å². The van der Waals surface area contributed by atoms with Gasteiger partial charge in [-0.2, -0.15) is 0 Å². The first kappa shape index (κ1) is 12.6. The van der Waals surface area contributed by atoms with Crippen LogP contribution in [0.4, 0.5) is 5.95 Å². The van der Waals surface area contributed by atoms with E-state index in [0.717, 1.165) is 0 Å². The van der Waals surface area contributed by atoms with Crippen LogP contribution in [0.5, 0.6) is 0 Å². The van der Waals surface area contributed by atoms with Gasteiger partial charge in [-0.25, -0.2) is 9.97 Å². The van der Waals surface area contributed by atoms with Crippen LogP contribution in [0.15, 0.2) is 48.1 Å². The number of nitrogen functional groups attached to an aromatic ring is 1. The van der Waals surface area contributed by atoms with Gasteiger partial charge < -0.3 is 15.8 Å². The number of rotatable bonds is 3. The molecule has 2 heterocycles. The van der Waals surface area contributed by atoms with E-state index >= 15 is 0 Å². The molecule has 6 nitrogen and oxygen atoms in total. The van der Waals surface area contributed by atoms with Gasteiger partial charge in [-0.05, 0) is 17.7 Å². The van der Waals surface area contributed by atoms with Gasteiger partial charge in [0.05, 0.1) is 0 Å². The van der Waals surface area contributed by atoms with Crippen LogP contribution in [0.25, 0.3) is 16.9 Å². The summed E-state index contributed by atoms with van der Waals surface area (Å²) >= 11 is 0. The number of pyridine rings is 1. The molecule has 0 aromatic carbocycles. The average Bonchev–Trinajstić information content (AvgIpc) is 2.39. The molecule has 0 saturated carbocycles. The Morgan fingerprint density at radius 1 is 1.53 bits per heavy atom. The van der Waals surface area contributed by atoms with Crippen molar-refractivity contribution in [2.45, 2.75) is 0 Å². The van der Waals surface area contributed by atoms with Gasteiger partial charge in [0, 0.05) is 24.0 Å². The molecule has 0 saturated heterocycles. The van der Waals surface area contributed by atoms with E-state index in [1.807, 2.05) is 0 Å². The van der Waals surface area contributed by atoms with Crippen molar-refractivity contribution in [1.29, 1.82) is 0 Å². The summed E-state index contributed by atoms with van der Waals surface area (Å²) in [6, 6.07) is 3.07. The highest BCUT2D eigenvalue weighted by Crippen LogP contribution is 2.25. The Bertz CT molecular complexity index is 704. The summed E-state index contributed by atoms with van der Waals surface area (Å²) in [5.74, 6) is -0.0630. The van der Waals surface area contributed by atoms with Gasteiger partial charge >= 0.3 is 0 Å². The highest BCUT2D eigenvalue weighted by Gasteiger charge is 2.12. The number of nitrogens with two attached hydrogens (primary N) is 1. The van der Waals surface area contributed by atoms with Crippen LogP contribution in [0.1, 0.15) is 5.69 Å². The minimum Gasteiger partial charge on any atom is -0.506 e. The zero-order valence-corrected chi connectivity index (χ0v) is 10.00. The number of allylic oxidation sites excluding steroid dienone is 2. The van der Waals surface area contributed by atoms with E-state index in [1.54, 1.807) is 6.07 Å². The van der Waals surface area contributed by atoms with Crippen LogP contribution in [-0.2, 0) is 0 Å². The lowest BCUT2D eigenvalue weighted by atomic mass is 10.1. The minimum absolute atomic E-state index is 0.0348. The van der Waals surface area contributed by atoms with E-state index in [4.69, 9.17) is 5.73 Å². The summed E-state index contributed by atoms with van der Waals surface area (Å²) in [5.41, 5.74) is 6.60. The van der Waals surface area contributed by atoms with E-state index < -0.39 is 0 Å². The number of aliphatic hydroxyl groups is 1. The van der Waals surface area contributed by atoms with Crippen molar-refractivity contribution >= 4 is 11.7 Å². The minimum atomic E-state index is -0.257. The molecule has 0 spiro atoms. The zero-order chi connectivity index (χ0) is 13.8. The number of nitrogens with zero attached hydrogens (tertiary/aromatic N) is 2. The Hall–Kier alpha value is -2.89. The number of H-pyrrole nitrogens is 1. The monoisotopic (exact) mass is 256 g/mol. The molecule has 4 N–H and O–H groups in total. The third kappa shape index (κ3) is 2.68. The molecule has 0 fully saturated rings. The average molecular weight is 256 g/mol. The molecule has 0 aliphatic rings. The van der Waals surface area contributed by atoms with E-state index in [9.17, 15) is 9.90 Å². The predicted octanol–water partition coefficient (Wildman–Crippen LogP) is 1.50. The fraction of sp³-hybridized carbons (Fsp3) is 0. The van der Waals surface area contributed by atoms with Crippen LogP contribution in [0.3, 0.4) is 0 Å². The molecule has 2 aromatic rings. The van der Waals surface area contributed by atoms with Gasteiger partial charge in [0.15, 0.2) is 0 Å². The Kier molecular flexibility index (Phi) is 3.42. The van der Waals surface area contributed by atoms with Gasteiger partial charge in [-0.15, -0.1) is 0 Å². The molecule has 2 aromatic heterocycles. The van der Waals surface area contributed by atoms with Crippen LogP contribution in [0.2, 0.25) is 0 Å². The number of hydrogen-bond donors (Lipinski definition) is 3. The van der Waals surface area contributed by atoms with Gasteiger partial charge in [0.2, 0.25) is 11.5 Å². The number of aromatic amines is 1. The predicted molar refractivity (Wildman–Crippen MR) is 73.3 cm³/mol. The summed E-state index contributed by atoms with van der Waals surface area (Å²) in [6.07, 6.45) is 5.78. The highest BCUT2D eigenvalue weighted by atomic mass is 16.3. The van der Waals surface area contributed by atoms with Gasteiger partial charge in [0.25, 0.3) is 0 Å². The normalized spacial score (nSPS) is 11.3. The third-order valence-electron chi connectivity index (χ3n) is 2.41. The lowest BCUT2D eigenvalue weighted by Crippen LogP contribution is -2.05. The maximum atomic E-state index is 11.3. The highest BCUT2D eigenvalue weighted by molar-refractivity contribution is 5.76. The van der Waals surface area contributed by atoms with Crippen molar-refractivity contribution in [2.75, 3.05) is 5.73 Å². The molecule has 0 aliphatic heterocycles. The van der Waals surface area contributed by atoms with Crippen molar-refractivity contribution in [2.24, 2.45) is 0 Å². The SMILES string of the molecule is C=C/C=C(\O)c1nc(N)ncc1-c1cc[nH]c(=O)c1. The summed E-state index contributed by atoms with van der Waals surface area (Å²) in [5, 5.41) is 9.91. The molecular weight excluding hydrogens is 244 g/mol. The summed E-state index contributed by atoms with van der Waals surface area (Å²) in [6.45, 7) is 3.50. The van der Waals surface area contributed by atoms with Crippen LogP contribution in [0, 0.1) is 0 Å². The third-order valence-corrected chi connectivity index (χ3v) is 2.41. The zero-order valence-electron chi connectivity index (χ0n) is 10.00. The fourth-order valence-electron chi connectivity index (χ4n) is 1.60. The van der Waals surface area contributed by atoms with Crippen LogP contribution in [-0.4, -0.2) is 20.1 Å². The molecule has 19 heavy (non-hydrogen) atoms. The second-order valence-corrected chi connectivity index (χ2v) is 3.72. The molecule has 0 amide bonds. The molecule has 6 heteroatoms. The lowest BCUT2D eigenvalue weighted by Gasteiger charge is -2.07. The molecule has 0 radical (unpaired) electrons. The number of aromatic nitrogens is 3. The standard InChI is InChI=1S/C13H12N4O2/c1-2-3-10(18)12-9(7-16-13(14)17-12)8-4-5-15-11(19)6-8/h2-7,18H,1H2,(H,15,19)(H2,14,16,17)/b10-3-. The van der Waals surface area contributed by atoms with Crippen LogP contribution < -0.4 is 11.3 Å². The first-order valence-corrected chi connectivity index (χ1v) is 5.45. The molecule has 0 atom stereocenters. The lowest BCUT2D eigenvalue weighted by molar-refractivity contribution is 0.509. The molecule has 96 valence electrons. The first-order chi connectivity index (χ1) is 9.11. The van der Waals surface area contributed by atoms with E-state index in [1.165, 1.54) is 30.6 Å². The Morgan fingerprint density at radius 2 is 2.32 bits per heavy atom. The summed E-state index contributed by atoms with van der Waals surface area (Å²) in [7, 11) is 0. The smallest absolute Gasteiger partial charge is 0.248 e. The molecule has 0 aliphatic carbocycles. The number of hydrogen-bond acceptors (Lipinski definition) is 5. The Morgan fingerprint density at radius 3 is 3.00 bits per heavy atom. The van der Waals surface area contributed by atoms with Crippen molar-refractivity contribution < 1.29 is 5.11 Å². The quantitative estimate of drug-likeness (QED) is 0.570. The molecule has 0 unspecified atom stereocenters. The van der Waals surface area contributed by atoms with E-state index in [-0.39, 0.29) is 23.0 Å². The molecule has 2 rings (SSSR count). The Balaban J connectivity index is 2.67. The van der Waals surface area contributed by atoms with E-state index in [2.05, 4.69) is 21.5 Å². The van der Waals surface area contributed by atoms with Crippen LogP contribution >= 0.6 is 0 Å². The van der Waals surface area contributed by atoms with E-state index in [0.29, 0.717) is 11.1 Å². The second kappa shape index (κ2) is 5.18. The number of aliphatic hydroxyl groups excluding tert-OH is 1. The van der Waals surface area contributed by atoms with Gasteiger partial charge in [-0.1, -0.05) is 12.7 Å². The first-order valence-electron chi connectivity index (χ1n) is 5.45. The molecular formula is C13H12N4O2. The van der Waals surface area contributed by atoms with Gasteiger partial charge in [0.1, 0.15) is 11.5 Å². The largest absolute Gasteiger partial charge is 0.506 e. The Labute approximate surface area is 109 Å². The maximum Gasteiger partial charge on any atom is 0.248 e. The van der Waals surface area contributed by atoms with Crippen molar-refractivity contribution in [3.8, 4) is 11.1 Å². The topological polar surface area (TPSA) is 105 Å². The van der Waals surface area contributed by atoms with Crippen molar-refractivity contribution in [1.82, 2.24) is 15.0 Å². The summed E-state index contributed by atoms with van der Waals surface area (Å²) in [4.78, 5) is 21.7. The molecule has 0 bridgehead atoms. The number of anilines is 1. The number of nitrogens with one attached hydrogen (secondary N) is 1. The fourth-order valence-corrected chi connectivity index (χ4v) is 1.60. The maximum absolute atomic E-state index is 11.3. The van der Waals surface area contributed by atoms with Crippen molar-refractivity contribution in [3.63, 3.8) is 0 Å². The van der Waals surface area contributed by atoms with Gasteiger partial charge in [-0.3, -0.25) is 4.79 Å². The summed E-state index contributed by atoms with van der Waals surface area (Å²) < 4.78 is 0. The second-order valence-electron chi connectivity index (χ2n) is 3.72.